The average Bonchev–Trinajstić information content (AvgIpc) is 2.62. The number of aromatic nitrogens is 2. The monoisotopic (exact) mass is 304 g/mol. The normalized spacial score (nSPS) is 10.3. The van der Waals surface area contributed by atoms with Crippen LogP contribution in [0.3, 0.4) is 0 Å². The third kappa shape index (κ3) is 2.04. The van der Waals surface area contributed by atoms with Gasteiger partial charge in [0.2, 0.25) is 0 Å². The maximum absolute atomic E-state index is 11.2. The molecule has 0 aliphatic carbocycles. The van der Waals surface area contributed by atoms with Gasteiger partial charge in [-0.05, 0) is 35.0 Å². The molecule has 2 aromatic heterocycles. The first-order chi connectivity index (χ1) is 8.70. The number of carbonyl (C=O) groups excluding carboxylic acids is 1. The number of hydrogen-bond donors (Lipinski definition) is 0. The Kier molecular flexibility index (Phi) is 3.77. The Morgan fingerprint density at radius 3 is 2.67 bits per heavy atom. The maximum Gasteiger partial charge on any atom is 0.153 e. The van der Waals surface area contributed by atoms with E-state index in [0.29, 0.717) is 12.1 Å². The number of pyridine rings is 1. The number of nitrogens with zero attached hydrogens (tertiary/aromatic N) is 2. The summed E-state index contributed by atoms with van der Waals surface area (Å²) in [5, 5.41) is 0. The van der Waals surface area contributed by atoms with Gasteiger partial charge in [0.05, 0.1) is 10.2 Å². The molecule has 92 valence electrons. The molecule has 0 spiro atoms. The summed E-state index contributed by atoms with van der Waals surface area (Å²) in [5.74, 6) is 0. The highest BCUT2D eigenvalue weighted by Crippen LogP contribution is 2.34. The Bertz CT molecular complexity index is 588. The van der Waals surface area contributed by atoms with Crippen LogP contribution in [0, 0.1) is 6.92 Å². The van der Waals surface area contributed by atoms with Gasteiger partial charge in [0.1, 0.15) is 0 Å². The van der Waals surface area contributed by atoms with Gasteiger partial charge in [-0.15, -0.1) is 6.58 Å². The van der Waals surface area contributed by atoms with Crippen molar-refractivity contribution in [3.63, 3.8) is 0 Å². The lowest BCUT2D eigenvalue weighted by Crippen LogP contribution is -2.00. The lowest BCUT2D eigenvalue weighted by molar-refractivity contribution is 0.112. The number of hydrogen-bond acceptors (Lipinski definition) is 2. The van der Waals surface area contributed by atoms with Crippen LogP contribution in [0.5, 0.6) is 0 Å². The summed E-state index contributed by atoms with van der Waals surface area (Å²) in [6, 6.07) is 3.85. The molecule has 0 N–H and O–H groups in total. The van der Waals surface area contributed by atoms with Crippen molar-refractivity contribution in [3.05, 3.63) is 52.9 Å². The minimum absolute atomic E-state index is 0.663. The molecule has 0 unspecified atom stereocenters. The first-order valence-electron chi connectivity index (χ1n) is 5.55. The summed E-state index contributed by atoms with van der Waals surface area (Å²) >= 11 is 3.51. The van der Waals surface area contributed by atoms with Crippen molar-refractivity contribution in [2.45, 2.75) is 13.5 Å². The highest BCUT2D eigenvalue weighted by atomic mass is 79.9. The van der Waals surface area contributed by atoms with Gasteiger partial charge in [-0.3, -0.25) is 9.78 Å². The molecule has 2 heterocycles. The summed E-state index contributed by atoms with van der Waals surface area (Å²) in [5.41, 5.74) is 3.62. The van der Waals surface area contributed by atoms with Crippen molar-refractivity contribution in [2.75, 3.05) is 0 Å². The quantitative estimate of drug-likeness (QED) is 0.639. The summed E-state index contributed by atoms with van der Waals surface area (Å²) in [4.78, 5) is 15.2. The fourth-order valence-corrected chi connectivity index (χ4v) is 2.83. The number of allylic oxidation sites excluding steroid dienone is 1. The molecule has 18 heavy (non-hydrogen) atoms. The van der Waals surface area contributed by atoms with E-state index in [9.17, 15) is 4.79 Å². The molecule has 0 aliphatic rings. The Hall–Kier alpha value is -1.68. The molecule has 0 aromatic carbocycles. The van der Waals surface area contributed by atoms with Gasteiger partial charge in [0.15, 0.2) is 6.29 Å². The highest BCUT2D eigenvalue weighted by molar-refractivity contribution is 9.10. The van der Waals surface area contributed by atoms with E-state index in [0.717, 1.165) is 27.7 Å². The summed E-state index contributed by atoms with van der Waals surface area (Å²) in [6.07, 6.45) is 6.17. The molecule has 0 saturated heterocycles. The number of aldehydes is 1. The van der Waals surface area contributed by atoms with Crippen LogP contribution in [-0.2, 0) is 6.54 Å². The minimum Gasteiger partial charge on any atom is -0.339 e. The summed E-state index contributed by atoms with van der Waals surface area (Å²) < 4.78 is 2.89. The standard InChI is InChI=1S/C14H13BrN2O/c1-3-8-17-10(2)12(9-18)13(15)14(17)11-4-6-16-7-5-11/h3-7,9H,1,8H2,2H3. The molecule has 0 amide bonds. The fourth-order valence-electron chi connectivity index (χ4n) is 2.00. The van der Waals surface area contributed by atoms with Crippen LogP contribution in [-0.4, -0.2) is 15.8 Å². The molecule has 2 aromatic rings. The average molecular weight is 305 g/mol. The Morgan fingerprint density at radius 1 is 1.44 bits per heavy atom. The molecule has 3 nitrogen and oxygen atoms in total. The van der Waals surface area contributed by atoms with Gasteiger partial charge in [0.25, 0.3) is 0 Å². The van der Waals surface area contributed by atoms with Crippen LogP contribution >= 0.6 is 15.9 Å². The molecule has 0 bridgehead atoms. The third-order valence-corrected chi connectivity index (χ3v) is 3.69. The van der Waals surface area contributed by atoms with E-state index in [1.54, 1.807) is 12.4 Å². The van der Waals surface area contributed by atoms with E-state index in [1.165, 1.54) is 0 Å². The van der Waals surface area contributed by atoms with Gasteiger partial charge in [-0.2, -0.15) is 0 Å². The zero-order valence-corrected chi connectivity index (χ0v) is 11.6. The van der Waals surface area contributed by atoms with Gasteiger partial charge in [0, 0.05) is 35.8 Å². The van der Waals surface area contributed by atoms with Crippen molar-refractivity contribution < 1.29 is 4.79 Å². The maximum atomic E-state index is 11.2. The fraction of sp³-hybridized carbons (Fsp3) is 0.143. The molecule has 0 radical (unpaired) electrons. The first-order valence-corrected chi connectivity index (χ1v) is 6.35. The first kappa shape index (κ1) is 12.8. The minimum atomic E-state index is 0.663. The molecule has 4 heteroatoms. The van der Waals surface area contributed by atoms with Crippen LogP contribution in [0.1, 0.15) is 16.1 Å². The van der Waals surface area contributed by atoms with E-state index in [1.807, 2.05) is 25.1 Å². The van der Waals surface area contributed by atoms with Crippen LogP contribution in [0.2, 0.25) is 0 Å². The molecular weight excluding hydrogens is 292 g/mol. The van der Waals surface area contributed by atoms with Crippen molar-refractivity contribution in [3.8, 4) is 11.3 Å². The zero-order chi connectivity index (χ0) is 13.1. The lowest BCUT2D eigenvalue weighted by atomic mass is 10.2. The molecule has 0 fully saturated rings. The second-order valence-electron chi connectivity index (χ2n) is 3.91. The van der Waals surface area contributed by atoms with Crippen LogP contribution < -0.4 is 0 Å². The number of carbonyl (C=O) groups is 1. The van der Waals surface area contributed by atoms with E-state index < -0.39 is 0 Å². The van der Waals surface area contributed by atoms with E-state index in [-0.39, 0.29) is 0 Å². The van der Waals surface area contributed by atoms with Crippen LogP contribution in [0.25, 0.3) is 11.3 Å². The van der Waals surface area contributed by atoms with E-state index >= 15 is 0 Å². The molecule has 0 aliphatic heterocycles. The summed E-state index contributed by atoms with van der Waals surface area (Å²) in [6.45, 7) is 6.36. The Labute approximate surface area is 114 Å². The predicted octanol–water partition coefficient (Wildman–Crippen LogP) is 3.62. The van der Waals surface area contributed by atoms with Crippen molar-refractivity contribution in [1.82, 2.24) is 9.55 Å². The molecule has 0 saturated carbocycles. The largest absolute Gasteiger partial charge is 0.339 e. The van der Waals surface area contributed by atoms with Gasteiger partial charge < -0.3 is 4.57 Å². The predicted molar refractivity (Wildman–Crippen MR) is 75.7 cm³/mol. The SMILES string of the molecule is C=CCn1c(C)c(C=O)c(Br)c1-c1ccncc1. The van der Waals surface area contributed by atoms with Gasteiger partial charge in [-0.1, -0.05) is 6.08 Å². The van der Waals surface area contributed by atoms with E-state index in [2.05, 4.69) is 32.1 Å². The van der Waals surface area contributed by atoms with Crippen molar-refractivity contribution >= 4 is 22.2 Å². The molecular formula is C14H13BrN2O. The highest BCUT2D eigenvalue weighted by Gasteiger charge is 2.18. The smallest absolute Gasteiger partial charge is 0.153 e. The second-order valence-corrected chi connectivity index (χ2v) is 4.71. The third-order valence-electron chi connectivity index (χ3n) is 2.89. The van der Waals surface area contributed by atoms with E-state index in [4.69, 9.17) is 0 Å². The zero-order valence-electron chi connectivity index (χ0n) is 10.1. The molecule has 0 atom stereocenters. The number of rotatable bonds is 4. The molecule has 2 rings (SSSR count). The van der Waals surface area contributed by atoms with Crippen molar-refractivity contribution in [1.29, 1.82) is 0 Å². The Balaban J connectivity index is 2.72. The van der Waals surface area contributed by atoms with Gasteiger partial charge >= 0.3 is 0 Å². The second kappa shape index (κ2) is 5.31. The van der Waals surface area contributed by atoms with Gasteiger partial charge in [-0.25, -0.2) is 0 Å². The lowest BCUT2D eigenvalue weighted by Gasteiger charge is -2.09. The van der Waals surface area contributed by atoms with Crippen LogP contribution in [0.4, 0.5) is 0 Å². The topological polar surface area (TPSA) is 34.9 Å². The Morgan fingerprint density at radius 2 is 2.11 bits per heavy atom. The number of halogens is 1. The van der Waals surface area contributed by atoms with Crippen LogP contribution in [0.15, 0.2) is 41.7 Å². The summed E-state index contributed by atoms with van der Waals surface area (Å²) in [7, 11) is 0. The van der Waals surface area contributed by atoms with Crippen molar-refractivity contribution in [2.24, 2.45) is 0 Å².